The topological polar surface area (TPSA) is 69.6 Å². The van der Waals surface area contributed by atoms with Gasteiger partial charge in [-0.15, -0.1) is 0 Å². The van der Waals surface area contributed by atoms with Crippen molar-refractivity contribution < 1.29 is 15.0 Å². The molecule has 0 rings (SSSR count). The van der Waals surface area contributed by atoms with Crippen LogP contribution in [0.2, 0.25) is 0 Å². The summed E-state index contributed by atoms with van der Waals surface area (Å²) in [5, 5.41) is 23.7. The number of hydrogen-bond donors (Lipinski definition) is 3. The van der Waals surface area contributed by atoms with Crippen molar-refractivity contribution in [2.24, 2.45) is 0 Å². The third-order valence-corrected chi connectivity index (χ3v) is 8.13. The third kappa shape index (κ3) is 27.0. The van der Waals surface area contributed by atoms with Crippen LogP contribution in [-0.4, -0.2) is 34.4 Å². The summed E-state index contributed by atoms with van der Waals surface area (Å²) in [4.78, 5) is 12.2. The monoisotopic (exact) mass is 540 g/mol. The van der Waals surface area contributed by atoms with Crippen LogP contribution < -0.4 is 5.32 Å². The zero-order valence-electron chi connectivity index (χ0n) is 26.1. The lowest BCUT2D eigenvalue weighted by molar-refractivity contribution is -0.122. The Hall–Kier alpha value is -0.610. The van der Waals surface area contributed by atoms with Crippen LogP contribution in [0.1, 0.15) is 194 Å². The van der Waals surface area contributed by atoms with E-state index in [1.165, 1.54) is 128 Å². The van der Waals surface area contributed by atoms with E-state index in [0.29, 0.717) is 12.8 Å². The molecule has 0 heterocycles. The second-order valence-electron chi connectivity index (χ2n) is 12.1. The molecule has 0 saturated carbocycles. The third-order valence-electron chi connectivity index (χ3n) is 8.13. The van der Waals surface area contributed by atoms with Gasteiger partial charge in [0.05, 0.1) is 18.2 Å². The normalized spacial score (nSPS) is 13.9. The molecule has 0 aliphatic rings. The van der Waals surface area contributed by atoms with Crippen LogP contribution in [-0.2, 0) is 4.79 Å². The van der Waals surface area contributed by atoms with Gasteiger partial charge in [0, 0.05) is 12.8 Å². The number of aliphatic hydroxyl groups is 2. The lowest BCUT2D eigenvalue weighted by Gasteiger charge is -2.22. The molecule has 0 aromatic rings. The molecule has 0 bridgehead atoms. The van der Waals surface area contributed by atoms with Crippen molar-refractivity contribution in [2.45, 2.75) is 212 Å². The maximum absolute atomic E-state index is 12.2. The number of rotatable bonds is 30. The van der Waals surface area contributed by atoms with Gasteiger partial charge in [0.1, 0.15) is 0 Å². The molecule has 3 atom stereocenters. The molecule has 0 aromatic carbocycles. The number of hydrogen-bond acceptors (Lipinski definition) is 3. The number of unbranched alkanes of at least 4 members (excludes halogenated alkanes) is 22. The van der Waals surface area contributed by atoms with Crippen LogP contribution >= 0.6 is 0 Å². The fraction of sp³-hybridized carbons (Fsp3) is 0.971. The van der Waals surface area contributed by atoms with E-state index in [9.17, 15) is 15.0 Å². The summed E-state index contributed by atoms with van der Waals surface area (Å²) >= 11 is 0. The predicted molar refractivity (Wildman–Crippen MR) is 166 cm³/mol. The Bertz CT molecular complexity index is 484. The summed E-state index contributed by atoms with van der Waals surface area (Å²) in [5.41, 5.74) is 0. The van der Waals surface area contributed by atoms with Gasteiger partial charge in [-0.2, -0.15) is 0 Å². The highest BCUT2D eigenvalue weighted by Gasteiger charge is 2.19. The van der Waals surface area contributed by atoms with Gasteiger partial charge >= 0.3 is 0 Å². The molecule has 38 heavy (non-hydrogen) atoms. The maximum atomic E-state index is 12.2. The quantitative estimate of drug-likeness (QED) is 0.0795. The molecule has 1 unspecified atom stereocenters. The minimum Gasteiger partial charge on any atom is -0.393 e. The first-order valence-electron chi connectivity index (χ1n) is 17.2. The maximum Gasteiger partial charge on any atom is 0.220 e. The first kappa shape index (κ1) is 37.4. The standard InChI is InChI=1S/C34H69NO3/c1-4-6-8-10-12-14-16-17-19-21-23-25-27-29-34(38)35-31(3)33(37)30-32(36)28-26-24-22-20-18-15-13-11-9-7-5-2/h31-33,36-37H,4-30H2,1-3H3,(H,35,38)/t31?,32-,33-/m0/s1. The first-order chi connectivity index (χ1) is 18.5. The second-order valence-corrected chi connectivity index (χ2v) is 12.1. The zero-order chi connectivity index (χ0) is 28.1. The van der Waals surface area contributed by atoms with E-state index in [1.807, 2.05) is 6.92 Å². The molecule has 3 N–H and O–H groups in total. The summed E-state index contributed by atoms with van der Waals surface area (Å²) in [6.07, 6.45) is 31.7. The molecule has 0 aliphatic carbocycles. The van der Waals surface area contributed by atoms with Crippen LogP contribution in [0.5, 0.6) is 0 Å². The molecule has 0 spiro atoms. The molecular weight excluding hydrogens is 470 g/mol. The van der Waals surface area contributed by atoms with E-state index in [2.05, 4.69) is 19.2 Å². The number of carbonyl (C=O) groups excluding carboxylic acids is 1. The Labute approximate surface area is 238 Å². The molecule has 228 valence electrons. The summed E-state index contributed by atoms with van der Waals surface area (Å²) in [7, 11) is 0. The molecule has 0 saturated heterocycles. The molecule has 1 amide bonds. The number of carbonyl (C=O) groups is 1. The van der Waals surface area contributed by atoms with Crippen molar-refractivity contribution in [3.05, 3.63) is 0 Å². The van der Waals surface area contributed by atoms with Crippen LogP contribution in [0, 0.1) is 0 Å². The molecule has 0 aliphatic heterocycles. The van der Waals surface area contributed by atoms with E-state index in [-0.39, 0.29) is 11.9 Å². The Morgan fingerprint density at radius 1 is 0.553 bits per heavy atom. The van der Waals surface area contributed by atoms with Gasteiger partial charge in [-0.1, -0.05) is 162 Å². The number of aliphatic hydroxyl groups excluding tert-OH is 2. The molecule has 0 fully saturated rings. The van der Waals surface area contributed by atoms with Crippen molar-refractivity contribution in [1.82, 2.24) is 5.32 Å². The van der Waals surface area contributed by atoms with Crippen molar-refractivity contribution in [2.75, 3.05) is 0 Å². The van der Waals surface area contributed by atoms with Gasteiger partial charge in [-0.25, -0.2) is 0 Å². The van der Waals surface area contributed by atoms with Crippen molar-refractivity contribution in [3.8, 4) is 0 Å². The SMILES string of the molecule is CCCCCCCCCCCCCCCC(=O)NC(C)[C@@H](O)C[C@@H](O)CCCCCCCCCCCCC. The van der Waals surface area contributed by atoms with E-state index >= 15 is 0 Å². The van der Waals surface area contributed by atoms with Crippen LogP contribution in [0.4, 0.5) is 0 Å². The molecule has 0 radical (unpaired) electrons. The lowest BCUT2D eigenvalue weighted by Crippen LogP contribution is -2.42. The second kappa shape index (κ2) is 29.4. The Kier molecular flexibility index (Phi) is 28.9. The Morgan fingerprint density at radius 2 is 0.895 bits per heavy atom. The van der Waals surface area contributed by atoms with Gasteiger partial charge in [0.25, 0.3) is 0 Å². The van der Waals surface area contributed by atoms with Gasteiger partial charge in [-0.3, -0.25) is 4.79 Å². The van der Waals surface area contributed by atoms with Crippen molar-refractivity contribution in [1.29, 1.82) is 0 Å². The molecule has 4 nitrogen and oxygen atoms in total. The number of nitrogens with one attached hydrogen (secondary N) is 1. The number of amides is 1. The summed E-state index contributed by atoms with van der Waals surface area (Å²) in [5.74, 6) is 0.0273. The van der Waals surface area contributed by atoms with Crippen LogP contribution in [0.15, 0.2) is 0 Å². The Morgan fingerprint density at radius 3 is 1.29 bits per heavy atom. The first-order valence-corrected chi connectivity index (χ1v) is 17.2. The van der Waals surface area contributed by atoms with Crippen molar-refractivity contribution >= 4 is 5.91 Å². The van der Waals surface area contributed by atoms with E-state index in [4.69, 9.17) is 0 Å². The largest absolute Gasteiger partial charge is 0.393 e. The van der Waals surface area contributed by atoms with Gasteiger partial charge in [0.2, 0.25) is 5.91 Å². The van der Waals surface area contributed by atoms with Crippen LogP contribution in [0.3, 0.4) is 0 Å². The Balaban J connectivity index is 3.55. The highest BCUT2D eigenvalue weighted by atomic mass is 16.3. The summed E-state index contributed by atoms with van der Waals surface area (Å²) < 4.78 is 0. The molecule has 0 aromatic heterocycles. The highest BCUT2D eigenvalue weighted by molar-refractivity contribution is 5.76. The minimum atomic E-state index is -0.687. The fourth-order valence-electron chi connectivity index (χ4n) is 5.37. The summed E-state index contributed by atoms with van der Waals surface area (Å²) in [6.45, 7) is 6.38. The summed E-state index contributed by atoms with van der Waals surface area (Å²) in [6, 6.07) is -0.309. The van der Waals surface area contributed by atoms with Crippen molar-refractivity contribution in [3.63, 3.8) is 0 Å². The van der Waals surface area contributed by atoms with Gasteiger partial charge in [-0.05, 0) is 19.8 Å². The highest BCUT2D eigenvalue weighted by Crippen LogP contribution is 2.15. The average Bonchev–Trinajstić information content (AvgIpc) is 2.89. The zero-order valence-corrected chi connectivity index (χ0v) is 26.1. The van der Waals surface area contributed by atoms with E-state index in [0.717, 1.165) is 32.1 Å². The van der Waals surface area contributed by atoms with Gasteiger partial charge < -0.3 is 15.5 Å². The molecule has 4 heteroatoms. The van der Waals surface area contributed by atoms with E-state index < -0.39 is 12.2 Å². The average molecular weight is 540 g/mol. The van der Waals surface area contributed by atoms with E-state index in [1.54, 1.807) is 0 Å². The fourth-order valence-corrected chi connectivity index (χ4v) is 5.37. The smallest absolute Gasteiger partial charge is 0.220 e. The molecular formula is C34H69NO3. The predicted octanol–water partition coefficient (Wildman–Crippen LogP) is 9.79. The lowest BCUT2D eigenvalue weighted by atomic mass is 10.00. The van der Waals surface area contributed by atoms with Gasteiger partial charge in [0.15, 0.2) is 0 Å². The van der Waals surface area contributed by atoms with Crippen LogP contribution in [0.25, 0.3) is 0 Å². The minimum absolute atomic E-state index is 0.0273.